The third-order valence-corrected chi connectivity index (χ3v) is 3.76. The van der Waals surface area contributed by atoms with Gasteiger partial charge in [0.1, 0.15) is 5.75 Å². The molecule has 0 radical (unpaired) electrons. The molecule has 2 rings (SSSR count). The molecule has 1 aliphatic heterocycles. The Morgan fingerprint density at radius 3 is 2.71 bits per heavy atom. The fraction of sp³-hybridized carbons (Fsp3) is 0.562. The molecule has 1 heterocycles. The molecule has 0 aromatic heterocycles. The Bertz CT molecular complexity index is 566. The molecule has 1 amide bonds. The molecule has 0 aliphatic carbocycles. The largest absolute Gasteiger partial charge is 0.573 e. The zero-order chi connectivity index (χ0) is 17.7. The van der Waals surface area contributed by atoms with Gasteiger partial charge in [-0.25, -0.2) is 0 Å². The summed E-state index contributed by atoms with van der Waals surface area (Å²) in [6.45, 7) is 1.31. The summed E-state index contributed by atoms with van der Waals surface area (Å²) < 4.78 is 41.3. The van der Waals surface area contributed by atoms with Crippen LogP contribution in [0.5, 0.6) is 5.75 Å². The number of rotatable bonds is 7. The molecule has 1 saturated heterocycles. The highest BCUT2D eigenvalue weighted by Crippen LogP contribution is 2.27. The number of amides is 1. The highest BCUT2D eigenvalue weighted by Gasteiger charge is 2.32. The number of likely N-dealkylation sites (N-methyl/N-ethyl adjacent to an activating group) is 1. The third kappa shape index (κ3) is 5.68. The lowest BCUT2D eigenvalue weighted by Gasteiger charge is -2.25. The molecule has 0 bridgehead atoms. The number of aliphatic hydroxyl groups excluding tert-OH is 1. The first-order chi connectivity index (χ1) is 11.2. The van der Waals surface area contributed by atoms with E-state index in [4.69, 9.17) is 0 Å². The lowest BCUT2D eigenvalue weighted by Crippen LogP contribution is -2.39. The lowest BCUT2D eigenvalue weighted by atomic mass is 10.2. The summed E-state index contributed by atoms with van der Waals surface area (Å²) >= 11 is 0. The zero-order valence-electron chi connectivity index (χ0n) is 13.4. The number of para-hydroxylation sites is 1. The third-order valence-electron chi connectivity index (χ3n) is 3.76. The van der Waals surface area contributed by atoms with Crippen LogP contribution in [0.25, 0.3) is 0 Å². The summed E-state index contributed by atoms with van der Waals surface area (Å²) in [4.78, 5) is 14.9. The second-order valence-electron chi connectivity index (χ2n) is 5.95. The second kappa shape index (κ2) is 7.85. The lowest BCUT2D eigenvalue weighted by molar-refractivity contribution is -0.275. The van der Waals surface area contributed by atoms with Crippen molar-refractivity contribution < 1.29 is 27.8 Å². The maximum Gasteiger partial charge on any atom is 0.573 e. The number of hydrogen-bond donors (Lipinski definition) is 1. The standard InChI is InChI=1S/C16H21F3N2O3/c1-20(10-13(22)11-21-8-4-7-15(21)23)9-12-5-2-3-6-14(12)24-16(17,18)19/h2-3,5-6,13,22H,4,7-11H2,1H3. The van der Waals surface area contributed by atoms with E-state index < -0.39 is 12.5 Å². The van der Waals surface area contributed by atoms with Crippen molar-refractivity contribution in [2.45, 2.75) is 31.9 Å². The van der Waals surface area contributed by atoms with Gasteiger partial charge in [0.2, 0.25) is 5.91 Å². The van der Waals surface area contributed by atoms with Gasteiger partial charge >= 0.3 is 6.36 Å². The first-order valence-corrected chi connectivity index (χ1v) is 7.72. The van der Waals surface area contributed by atoms with Crippen molar-refractivity contribution in [1.29, 1.82) is 0 Å². The molecule has 1 atom stereocenters. The quantitative estimate of drug-likeness (QED) is 0.821. The molecule has 1 fully saturated rings. The van der Waals surface area contributed by atoms with Crippen LogP contribution in [0.1, 0.15) is 18.4 Å². The van der Waals surface area contributed by atoms with Crippen molar-refractivity contribution in [3.63, 3.8) is 0 Å². The molecule has 8 heteroatoms. The average Bonchev–Trinajstić information content (AvgIpc) is 2.84. The Morgan fingerprint density at radius 2 is 2.08 bits per heavy atom. The molecule has 1 aliphatic rings. The molecule has 1 unspecified atom stereocenters. The number of carbonyl (C=O) groups is 1. The molecule has 1 aromatic carbocycles. The van der Waals surface area contributed by atoms with Gasteiger partial charge in [-0.05, 0) is 19.5 Å². The highest BCUT2D eigenvalue weighted by atomic mass is 19.4. The van der Waals surface area contributed by atoms with E-state index in [2.05, 4.69) is 4.74 Å². The van der Waals surface area contributed by atoms with Gasteiger partial charge in [-0.15, -0.1) is 13.2 Å². The van der Waals surface area contributed by atoms with E-state index in [1.807, 2.05) is 0 Å². The summed E-state index contributed by atoms with van der Waals surface area (Å²) in [7, 11) is 1.69. The number of hydrogen-bond acceptors (Lipinski definition) is 4. The van der Waals surface area contributed by atoms with Crippen LogP contribution < -0.4 is 4.74 Å². The fourth-order valence-electron chi connectivity index (χ4n) is 2.78. The Balaban J connectivity index is 1.90. The maximum atomic E-state index is 12.4. The van der Waals surface area contributed by atoms with Gasteiger partial charge in [-0.3, -0.25) is 9.69 Å². The monoisotopic (exact) mass is 346 g/mol. The number of carbonyl (C=O) groups excluding carboxylic acids is 1. The number of β-amino-alcohol motifs (C(OH)–C–C–N with tert-alkyl or cyclic N) is 1. The van der Waals surface area contributed by atoms with Crippen LogP contribution in [0.15, 0.2) is 24.3 Å². The van der Waals surface area contributed by atoms with Gasteiger partial charge < -0.3 is 14.7 Å². The van der Waals surface area contributed by atoms with Crippen LogP contribution in [0.3, 0.4) is 0 Å². The normalized spacial score (nSPS) is 16.8. The summed E-state index contributed by atoms with van der Waals surface area (Å²) in [5.41, 5.74) is 0.377. The van der Waals surface area contributed by atoms with Gasteiger partial charge in [0.15, 0.2) is 0 Å². The maximum absolute atomic E-state index is 12.4. The Morgan fingerprint density at radius 1 is 1.38 bits per heavy atom. The van der Waals surface area contributed by atoms with Crippen molar-refractivity contribution in [2.24, 2.45) is 0 Å². The smallest absolute Gasteiger partial charge is 0.405 e. The number of nitrogens with zero attached hydrogens (tertiary/aromatic N) is 2. The predicted molar refractivity (Wildman–Crippen MR) is 81.3 cm³/mol. The van der Waals surface area contributed by atoms with Crippen LogP contribution in [0.4, 0.5) is 13.2 Å². The van der Waals surface area contributed by atoms with Gasteiger partial charge in [0.05, 0.1) is 6.10 Å². The second-order valence-corrected chi connectivity index (χ2v) is 5.95. The van der Waals surface area contributed by atoms with Crippen molar-refractivity contribution in [2.75, 3.05) is 26.7 Å². The molecule has 0 spiro atoms. The van der Waals surface area contributed by atoms with Crippen LogP contribution in [0.2, 0.25) is 0 Å². The van der Waals surface area contributed by atoms with Crippen LogP contribution >= 0.6 is 0 Å². The number of benzene rings is 1. The van der Waals surface area contributed by atoms with Gasteiger partial charge in [0, 0.05) is 38.2 Å². The van der Waals surface area contributed by atoms with Gasteiger partial charge in [-0.1, -0.05) is 18.2 Å². The SMILES string of the molecule is CN(Cc1ccccc1OC(F)(F)F)CC(O)CN1CCCC1=O. The van der Waals surface area contributed by atoms with E-state index in [1.54, 1.807) is 29.0 Å². The molecule has 1 aromatic rings. The van der Waals surface area contributed by atoms with E-state index in [0.717, 1.165) is 6.42 Å². The minimum Gasteiger partial charge on any atom is -0.405 e. The van der Waals surface area contributed by atoms with E-state index in [9.17, 15) is 23.1 Å². The molecular formula is C16H21F3N2O3. The number of aliphatic hydroxyl groups is 1. The Kier molecular flexibility index (Phi) is 6.06. The number of likely N-dealkylation sites (tertiary alicyclic amines) is 1. The summed E-state index contributed by atoms with van der Waals surface area (Å²) in [5, 5.41) is 10.1. The average molecular weight is 346 g/mol. The molecule has 134 valence electrons. The van der Waals surface area contributed by atoms with E-state index >= 15 is 0 Å². The van der Waals surface area contributed by atoms with E-state index in [-0.39, 0.29) is 31.3 Å². The van der Waals surface area contributed by atoms with E-state index in [0.29, 0.717) is 18.5 Å². The fourth-order valence-corrected chi connectivity index (χ4v) is 2.78. The van der Waals surface area contributed by atoms with Crippen molar-refractivity contribution in [3.05, 3.63) is 29.8 Å². The first-order valence-electron chi connectivity index (χ1n) is 7.72. The molecule has 5 nitrogen and oxygen atoms in total. The van der Waals surface area contributed by atoms with Crippen molar-refractivity contribution in [3.8, 4) is 5.75 Å². The zero-order valence-corrected chi connectivity index (χ0v) is 13.4. The number of alkyl halides is 3. The predicted octanol–water partition coefficient (Wildman–Crippen LogP) is 2.00. The van der Waals surface area contributed by atoms with Crippen molar-refractivity contribution >= 4 is 5.91 Å². The minimum atomic E-state index is -4.75. The highest BCUT2D eigenvalue weighted by molar-refractivity contribution is 5.78. The molecule has 0 saturated carbocycles. The number of halogens is 3. The summed E-state index contributed by atoms with van der Waals surface area (Å²) in [5.74, 6) is -0.221. The molecule has 1 N–H and O–H groups in total. The minimum absolute atomic E-state index is 0.0284. The molecule has 24 heavy (non-hydrogen) atoms. The Hall–Kier alpha value is -1.80. The summed E-state index contributed by atoms with van der Waals surface area (Å²) in [6, 6.07) is 5.91. The van der Waals surface area contributed by atoms with Gasteiger partial charge in [0.25, 0.3) is 0 Å². The van der Waals surface area contributed by atoms with Gasteiger partial charge in [-0.2, -0.15) is 0 Å². The van der Waals surface area contributed by atoms with Crippen molar-refractivity contribution in [1.82, 2.24) is 9.80 Å². The van der Waals surface area contributed by atoms with Crippen LogP contribution in [-0.4, -0.2) is 60.0 Å². The van der Waals surface area contributed by atoms with E-state index in [1.165, 1.54) is 12.1 Å². The van der Waals surface area contributed by atoms with Crippen LogP contribution in [0, 0.1) is 0 Å². The topological polar surface area (TPSA) is 53.0 Å². The van der Waals surface area contributed by atoms with Crippen LogP contribution in [-0.2, 0) is 11.3 Å². The first kappa shape index (κ1) is 18.5. The number of ether oxygens (including phenoxy) is 1. The summed E-state index contributed by atoms with van der Waals surface area (Å²) in [6.07, 6.45) is -4.20. The molecular weight excluding hydrogens is 325 g/mol. The Labute approximate surface area is 138 Å².